The van der Waals surface area contributed by atoms with Crippen molar-refractivity contribution in [3.05, 3.63) is 58.7 Å². The molecule has 1 aromatic carbocycles. The van der Waals surface area contributed by atoms with Crippen LogP contribution in [0.3, 0.4) is 0 Å². The van der Waals surface area contributed by atoms with Crippen LogP contribution in [-0.4, -0.2) is 0 Å². The zero-order valence-corrected chi connectivity index (χ0v) is 10.4. The Labute approximate surface area is 103 Å². The van der Waals surface area contributed by atoms with E-state index in [-0.39, 0.29) is 0 Å². The van der Waals surface area contributed by atoms with Crippen molar-refractivity contribution in [2.75, 3.05) is 0 Å². The topological polar surface area (TPSA) is 26.0 Å². The van der Waals surface area contributed by atoms with Gasteiger partial charge in [0.15, 0.2) is 0 Å². The number of nitrogens with two attached hydrogens (primary N) is 1. The number of fused-ring (bicyclic) bond motifs is 1. The summed E-state index contributed by atoms with van der Waals surface area (Å²) in [6.07, 6.45) is 12.5. The van der Waals surface area contributed by atoms with Gasteiger partial charge in [0.05, 0.1) is 0 Å². The first kappa shape index (κ1) is 11.9. The fourth-order valence-electron chi connectivity index (χ4n) is 2.53. The summed E-state index contributed by atoms with van der Waals surface area (Å²) < 4.78 is 0. The minimum absolute atomic E-state index is 0.610. The molecular formula is C16H19N. The zero-order chi connectivity index (χ0) is 12.3. The van der Waals surface area contributed by atoms with Crippen LogP contribution < -0.4 is 5.73 Å². The maximum absolute atomic E-state index is 5.93. The summed E-state index contributed by atoms with van der Waals surface area (Å²) in [7, 11) is 0. The first-order valence-corrected chi connectivity index (χ1v) is 6.09. The predicted octanol–water partition coefficient (Wildman–Crippen LogP) is 3.48. The van der Waals surface area contributed by atoms with Crippen molar-refractivity contribution in [3.8, 4) is 0 Å². The Kier molecular flexibility index (Phi) is 3.60. The van der Waals surface area contributed by atoms with Crippen LogP contribution in [0.1, 0.15) is 34.7 Å². The largest absolute Gasteiger partial charge is 0.326 e. The molecule has 17 heavy (non-hydrogen) atoms. The molecule has 2 N–H and O–H groups in total. The number of benzene rings is 1. The number of hydrogen-bond acceptors (Lipinski definition) is 1. The van der Waals surface area contributed by atoms with Crippen molar-refractivity contribution in [1.82, 2.24) is 0 Å². The molecule has 1 aromatic rings. The summed E-state index contributed by atoms with van der Waals surface area (Å²) in [5.41, 5.74) is 12.6. The lowest BCUT2D eigenvalue weighted by molar-refractivity contribution is 0.994. The molecule has 0 fully saturated rings. The number of allylic oxidation sites excluding steroid dienone is 3. The predicted molar refractivity (Wildman–Crippen MR) is 75.7 cm³/mol. The Hall–Kier alpha value is -1.60. The van der Waals surface area contributed by atoms with Crippen molar-refractivity contribution >= 4 is 12.2 Å². The van der Waals surface area contributed by atoms with Gasteiger partial charge in [0.1, 0.15) is 0 Å². The van der Waals surface area contributed by atoms with Crippen LogP contribution in [0.4, 0.5) is 0 Å². The fraction of sp³-hybridized carbons (Fsp3) is 0.250. The molecule has 1 aliphatic carbocycles. The average molecular weight is 225 g/mol. The first-order valence-electron chi connectivity index (χ1n) is 6.09. The minimum Gasteiger partial charge on any atom is -0.326 e. The van der Waals surface area contributed by atoms with E-state index in [9.17, 15) is 0 Å². The third-order valence-corrected chi connectivity index (χ3v) is 3.25. The van der Waals surface area contributed by atoms with Crippen LogP contribution >= 0.6 is 0 Å². The van der Waals surface area contributed by atoms with E-state index >= 15 is 0 Å². The molecule has 1 aliphatic rings. The summed E-state index contributed by atoms with van der Waals surface area (Å²) >= 11 is 0. The van der Waals surface area contributed by atoms with Crippen molar-refractivity contribution < 1.29 is 0 Å². The van der Waals surface area contributed by atoms with E-state index < -0.39 is 0 Å². The van der Waals surface area contributed by atoms with E-state index in [1.165, 1.54) is 27.8 Å². The zero-order valence-electron chi connectivity index (χ0n) is 10.4. The van der Waals surface area contributed by atoms with Crippen LogP contribution in [-0.2, 0) is 19.4 Å². The SMILES string of the molecule is C=CCc1c(/C=C\C)cc2c(c1CN)CC=C2. The lowest BCUT2D eigenvalue weighted by Crippen LogP contribution is -2.08. The summed E-state index contributed by atoms with van der Waals surface area (Å²) in [4.78, 5) is 0. The Morgan fingerprint density at radius 2 is 2.24 bits per heavy atom. The Balaban J connectivity index is 2.65. The van der Waals surface area contributed by atoms with Gasteiger partial charge in [-0.1, -0.05) is 30.4 Å². The monoisotopic (exact) mass is 225 g/mol. The van der Waals surface area contributed by atoms with Crippen LogP contribution in [0, 0.1) is 0 Å². The smallest absolute Gasteiger partial charge is 0.0184 e. The van der Waals surface area contributed by atoms with E-state index in [0.29, 0.717) is 6.54 Å². The summed E-state index contributed by atoms with van der Waals surface area (Å²) in [6, 6.07) is 2.26. The number of hydrogen-bond donors (Lipinski definition) is 1. The lowest BCUT2D eigenvalue weighted by atomic mass is 9.90. The van der Waals surface area contributed by atoms with Gasteiger partial charge >= 0.3 is 0 Å². The van der Waals surface area contributed by atoms with Crippen LogP contribution in [0.2, 0.25) is 0 Å². The highest BCUT2D eigenvalue weighted by molar-refractivity contribution is 5.70. The highest BCUT2D eigenvalue weighted by Crippen LogP contribution is 2.30. The Morgan fingerprint density at radius 1 is 1.41 bits per heavy atom. The minimum atomic E-state index is 0.610. The molecule has 0 atom stereocenters. The molecule has 0 saturated carbocycles. The molecule has 0 aromatic heterocycles. The number of rotatable bonds is 4. The maximum Gasteiger partial charge on any atom is 0.0184 e. The molecule has 0 amide bonds. The van der Waals surface area contributed by atoms with E-state index in [1.54, 1.807) is 0 Å². The van der Waals surface area contributed by atoms with Gasteiger partial charge < -0.3 is 5.73 Å². The van der Waals surface area contributed by atoms with Gasteiger partial charge in [-0.25, -0.2) is 0 Å². The standard InChI is InChI=1S/C16H19N/c1-3-6-12-10-13-8-5-9-15(13)16(11-17)14(12)7-4-2/h3-6,8,10H,2,7,9,11,17H2,1H3/b6-3-. The second-order valence-corrected chi connectivity index (χ2v) is 4.29. The normalized spacial score (nSPS) is 13.3. The van der Waals surface area contributed by atoms with E-state index in [2.05, 4.69) is 36.9 Å². The molecule has 0 radical (unpaired) electrons. The van der Waals surface area contributed by atoms with Crippen molar-refractivity contribution in [2.45, 2.75) is 26.3 Å². The van der Waals surface area contributed by atoms with Gasteiger partial charge in [-0.2, -0.15) is 0 Å². The molecule has 0 heterocycles. The quantitative estimate of drug-likeness (QED) is 0.780. The third-order valence-electron chi connectivity index (χ3n) is 3.25. The van der Waals surface area contributed by atoms with Crippen molar-refractivity contribution in [1.29, 1.82) is 0 Å². The third kappa shape index (κ3) is 2.11. The van der Waals surface area contributed by atoms with Gasteiger partial charge in [-0.3, -0.25) is 0 Å². The molecule has 0 aliphatic heterocycles. The molecule has 1 heteroatoms. The van der Waals surface area contributed by atoms with Crippen LogP contribution in [0.5, 0.6) is 0 Å². The highest BCUT2D eigenvalue weighted by atomic mass is 14.5. The molecule has 2 rings (SSSR count). The van der Waals surface area contributed by atoms with E-state index in [4.69, 9.17) is 5.73 Å². The molecule has 0 unspecified atom stereocenters. The van der Waals surface area contributed by atoms with Gasteiger partial charge in [-0.05, 0) is 53.6 Å². The molecular weight excluding hydrogens is 206 g/mol. The lowest BCUT2D eigenvalue weighted by Gasteiger charge is -2.15. The Bertz CT molecular complexity index is 493. The maximum atomic E-state index is 5.93. The van der Waals surface area contributed by atoms with Gasteiger partial charge in [-0.15, -0.1) is 6.58 Å². The molecule has 88 valence electrons. The molecule has 0 bridgehead atoms. The molecule has 1 nitrogen and oxygen atoms in total. The first-order chi connectivity index (χ1) is 8.31. The second kappa shape index (κ2) is 5.15. The molecule has 0 saturated heterocycles. The average Bonchev–Trinajstić information content (AvgIpc) is 2.78. The van der Waals surface area contributed by atoms with Crippen LogP contribution in [0.15, 0.2) is 30.9 Å². The van der Waals surface area contributed by atoms with E-state index in [0.717, 1.165) is 12.8 Å². The van der Waals surface area contributed by atoms with E-state index in [1.807, 2.05) is 13.0 Å². The second-order valence-electron chi connectivity index (χ2n) is 4.29. The van der Waals surface area contributed by atoms with Crippen molar-refractivity contribution in [3.63, 3.8) is 0 Å². The summed E-state index contributed by atoms with van der Waals surface area (Å²) in [5, 5.41) is 0. The van der Waals surface area contributed by atoms with Crippen LogP contribution in [0.25, 0.3) is 12.2 Å². The van der Waals surface area contributed by atoms with Gasteiger partial charge in [0.2, 0.25) is 0 Å². The van der Waals surface area contributed by atoms with Gasteiger partial charge in [0.25, 0.3) is 0 Å². The summed E-state index contributed by atoms with van der Waals surface area (Å²) in [5.74, 6) is 0. The fourth-order valence-corrected chi connectivity index (χ4v) is 2.53. The molecule has 0 spiro atoms. The Morgan fingerprint density at radius 3 is 2.88 bits per heavy atom. The highest BCUT2D eigenvalue weighted by Gasteiger charge is 2.15. The van der Waals surface area contributed by atoms with Crippen molar-refractivity contribution in [2.24, 2.45) is 5.73 Å². The summed E-state index contributed by atoms with van der Waals surface area (Å²) in [6.45, 7) is 6.50. The van der Waals surface area contributed by atoms with Gasteiger partial charge in [0, 0.05) is 6.54 Å².